The molecule has 1 N–H and O–H groups in total. The van der Waals surface area contributed by atoms with Gasteiger partial charge in [-0.25, -0.2) is 0 Å². The van der Waals surface area contributed by atoms with Crippen molar-refractivity contribution in [1.82, 2.24) is 10.2 Å². The molecule has 3 rings (SSSR count). The maximum atomic E-state index is 12.6. The lowest BCUT2D eigenvalue weighted by Gasteiger charge is -2.24. The molecule has 0 aromatic heterocycles. The highest BCUT2D eigenvalue weighted by Crippen LogP contribution is 2.27. The van der Waals surface area contributed by atoms with Crippen LogP contribution >= 0.6 is 0 Å². The van der Waals surface area contributed by atoms with Gasteiger partial charge >= 0.3 is 0 Å². The fraction of sp³-hybridized carbons (Fsp3) is 0.533. The van der Waals surface area contributed by atoms with Gasteiger partial charge < -0.3 is 10.2 Å². The van der Waals surface area contributed by atoms with E-state index in [2.05, 4.69) is 5.32 Å². The zero-order valence-electron chi connectivity index (χ0n) is 12.0. The summed E-state index contributed by atoms with van der Waals surface area (Å²) in [7, 11) is 0. The van der Waals surface area contributed by atoms with Gasteiger partial charge in [0.25, 0.3) is 11.6 Å². The summed E-state index contributed by atoms with van der Waals surface area (Å²) in [6.45, 7) is 4.23. The van der Waals surface area contributed by atoms with Gasteiger partial charge in [0.15, 0.2) is 0 Å². The van der Waals surface area contributed by atoms with E-state index in [1.165, 1.54) is 12.1 Å². The maximum absolute atomic E-state index is 12.6. The van der Waals surface area contributed by atoms with Crippen LogP contribution < -0.4 is 5.32 Å². The first-order valence-corrected chi connectivity index (χ1v) is 7.33. The van der Waals surface area contributed by atoms with Crippen LogP contribution in [0, 0.1) is 23.0 Å². The van der Waals surface area contributed by atoms with E-state index in [1.807, 2.05) is 4.90 Å². The van der Waals surface area contributed by atoms with Crippen molar-refractivity contribution >= 4 is 11.6 Å². The third-order valence-electron chi connectivity index (χ3n) is 4.41. The summed E-state index contributed by atoms with van der Waals surface area (Å²) >= 11 is 0. The number of piperidine rings is 1. The molecule has 0 radical (unpaired) electrons. The van der Waals surface area contributed by atoms with Crippen molar-refractivity contribution in [3.05, 3.63) is 39.4 Å². The standard InChI is InChI=1S/C15H19N3O3/c1-10-5-12(7-13(6-10)18(20)21)15(19)17-8-11-3-2-4-16-14(11)9-17/h5-7,11,14,16H,2-4,8-9H2,1H3/t11-,14+/m0/s1. The van der Waals surface area contributed by atoms with Crippen LogP contribution in [0.2, 0.25) is 0 Å². The number of hydrogen-bond donors (Lipinski definition) is 1. The van der Waals surface area contributed by atoms with Crippen molar-refractivity contribution in [2.75, 3.05) is 19.6 Å². The number of amides is 1. The number of aryl methyl sites for hydroxylation is 1. The van der Waals surface area contributed by atoms with Gasteiger partial charge in [-0.05, 0) is 43.9 Å². The van der Waals surface area contributed by atoms with E-state index >= 15 is 0 Å². The third kappa shape index (κ3) is 2.76. The molecule has 112 valence electrons. The molecule has 1 amide bonds. The molecule has 0 saturated carbocycles. The summed E-state index contributed by atoms with van der Waals surface area (Å²) in [6, 6.07) is 4.97. The first-order chi connectivity index (χ1) is 10.0. The molecular weight excluding hydrogens is 270 g/mol. The molecule has 2 fully saturated rings. The van der Waals surface area contributed by atoms with Crippen LogP contribution in [0.25, 0.3) is 0 Å². The Balaban J connectivity index is 1.81. The lowest BCUT2D eigenvalue weighted by Crippen LogP contribution is -2.41. The van der Waals surface area contributed by atoms with Gasteiger partial charge in [-0.2, -0.15) is 0 Å². The zero-order chi connectivity index (χ0) is 15.0. The molecule has 0 aliphatic carbocycles. The van der Waals surface area contributed by atoms with Crippen molar-refractivity contribution in [1.29, 1.82) is 0 Å². The minimum absolute atomic E-state index is 0.0203. The second kappa shape index (κ2) is 5.44. The number of hydrogen-bond acceptors (Lipinski definition) is 4. The van der Waals surface area contributed by atoms with Crippen LogP contribution in [0.15, 0.2) is 18.2 Å². The molecular formula is C15H19N3O3. The number of carbonyl (C=O) groups is 1. The van der Waals surface area contributed by atoms with Gasteiger partial charge in [0, 0.05) is 36.8 Å². The number of rotatable bonds is 2. The molecule has 21 heavy (non-hydrogen) atoms. The average Bonchev–Trinajstić information content (AvgIpc) is 2.89. The van der Waals surface area contributed by atoms with Crippen molar-refractivity contribution in [2.45, 2.75) is 25.8 Å². The van der Waals surface area contributed by atoms with Crippen LogP contribution in [0.3, 0.4) is 0 Å². The normalized spacial score (nSPS) is 24.7. The predicted molar refractivity (Wildman–Crippen MR) is 78.3 cm³/mol. The van der Waals surface area contributed by atoms with Gasteiger partial charge in [0.05, 0.1) is 4.92 Å². The van der Waals surface area contributed by atoms with Gasteiger partial charge in [-0.1, -0.05) is 0 Å². The second-order valence-electron chi connectivity index (χ2n) is 5.99. The van der Waals surface area contributed by atoms with E-state index in [4.69, 9.17) is 0 Å². The number of carbonyl (C=O) groups excluding carboxylic acids is 1. The second-order valence-corrected chi connectivity index (χ2v) is 5.99. The molecule has 2 aliphatic heterocycles. The number of nitro benzene ring substituents is 1. The van der Waals surface area contributed by atoms with Gasteiger partial charge in [0.2, 0.25) is 0 Å². The highest BCUT2D eigenvalue weighted by Gasteiger charge is 2.36. The lowest BCUT2D eigenvalue weighted by molar-refractivity contribution is -0.384. The molecule has 6 heteroatoms. The Hall–Kier alpha value is -1.95. The molecule has 6 nitrogen and oxygen atoms in total. The summed E-state index contributed by atoms with van der Waals surface area (Å²) in [5.74, 6) is 0.417. The minimum Gasteiger partial charge on any atom is -0.337 e. The van der Waals surface area contributed by atoms with Gasteiger partial charge in [0.1, 0.15) is 0 Å². The van der Waals surface area contributed by atoms with Crippen LogP contribution in [-0.2, 0) is 0 Å². The Morgan fingerprint density at radius 3 is 2.90 bits per heavy atom. The number of likely N-dealkylation sites (tertiary alicyclic amines) is 1. The molecule has 2 aliphatic rings. The monoisotopic (exact) mass is 289 g/mol. The Morgan fingerprint density at radius 1 is 1.38 bits per heavy atom. The quantitative estimate of drug-likeness (QED) is 0.664. The fourth-order valence-electron chi connectivity index (χ4n) is 3.39. The largest absolute Gasteiger partial charge is 0.337 e. The SMILES string of the molecule is Cc1cc(C(=O)N2C[C@@H]3CCCN[C@@H]3C2)cc([N+](=O)[O-])c1. The van der Waals surface area contributed by atoms with E-state index in [0.717, 1.165) is 31.5 Å². The summed E-state index contributed by atoms with van der Waals surface area (Å²) < 4.78 is 0. The summed E-state index contributed by atoms with van der Waals surface area (Å²) in [4.78, 5) is 24.9. The van der Waals surface area contributed by atoms with Crippen LogP contribution in [0.4, 0.5) is 5.69 Å². The maximum Gasteiger partial charge on any atom is 0.270 e. The zero-order valence-corrected chi connectivity index (χ0v) is 12.0. The highest BCUT2D eigenvalue weighted by molar-refractivity contribution is 5.95. The first-order valence-electron chi connectivity index (χ1n) is 7.33. The van der Waals surface area contributed by atoms with Crippen LogP contribution in [0.5, 0.6) is 0 Å². The van der Waals surface area contributed by atoms with E-state index in [1.54, 1.807) is 13.0 Å². The fourth-order valence-corrected chi connectivity index (χ4v) is 3.39. The summed E-state index contributed by atoms with van der Waals surface area (Å²) in [5, 5.41) is 14.4. The molecule has 1 aromatic carbocycles. The Kier molecular flexibility index (Phi) is 3.63. The highest BCUT2D eigenvalue weighted by atomic mass is 16.6. The Bertz CT molecular complexity index is 574. The first kappa shape index (κ1) is 14.0. The van der Waals surface area contributed by atoms with Gasteiger partial charge in [-0.3, -0.25) is 14.9 Å². The Morgan fingerprint density at radius 2 is 2.19 bits per heavy atom. The lowest BCUT2D eigenvalue weighted by atomic mass is 9.94. The number of non-ortho nitro benzene ring substituents is 1. The molecule has 1 aromatic rings. The number of benzene rings is 1. The topological polar surface area (TPSA) is 75.5 Å². The van der Waals surface area contributed by atoms with E-state index in [0.29, 0.717) is 24.1 Å². The third-order valence-corrected chi connectivity index (χ3v) is 4.41. The molecule has 0 unspecified atom stereocenters. The number of nitro groups is 1. The predicted octanol–water partition coefficient (Wildman–Crippen LogP) is 1.73. The van der Waals surface area contributed by atoms with Crippen LogP contribution in [-0.4, -0.2) is 41.4 Å². The van der Waals surface area contributed by atoms with Crippen molar-refractivity contribution < 1.29 is 9.72 Å². The van der Waals surface area contributed by atoms with Crippen LogP contribution in [0.1, 0.15) is 28.8 Å². The molecule has 2 atom stereocenters. The van der Waals surface area contributed by atoms with E-state index < -0.39 is 4.92 Å². The van der Waals surface area contributed by atoms with Crippen molar-refractivity contribution in [2.24, 2.45) is 5.92 Å². The molecule has 0 spiro atoms. The van der Waals surface area contributed by atoms with Crippen molar-refractivity contribution in [3.63, 3.8) is 0 Å². The molecule has 2 heterocycles. The molecule has 2 saturated heterocycles. The summed E-state index contributed by atoms with van der Waals surface area (Å²) in [5.41, 5.74) is 1.13. The van der Waals surface area contributed by atoms with Gasteiger partial charge in [-0.15, -0.1) is 0 Å². The Labute approximate surface area is 123 Å². The minimum atomic E-state index is -0.449. The van der Waals surface area contributed by atoms with Crippen molar-refractivity contribution in [3.8, 4) is 0 Å². The summed E-state index contributed by atoms with van der Waals surface area (Å²) in [6.07, 6.45) is 2.30. The van der Waals surface area contributed by atoms with E-state index in [-0.39, 0.29) is 11.6 Å². The number of nitrogens with one attached hydrogen (secondary N) is 1. The molecule has 0 bridgehead atoms. The average molecular weight is 289 g/mol. The smallest absolute Gasteiger partial charge is 0.270 e. The number of nitrogens with zero attached hydrogens (tertiary/aromatic N) is 2. The van der Waals surface area contributed by atoms with E-state index in [9.17, 15) is 14.9 Å². The number of fused-ring (bicyclic) bond motifs is 1.